The normalized spacial score (nSPS) is 26.7. The van der Waals surface area contributed by atoms with Gasteiger partial charge in [-0.3, -0.25) is 9.69 Å². The number of amides is 2. The van der Waals surface area contributed by atoms with Gasteiger partial charge in [-0.05, 0) is 55.1 Å². The smallest absolute Gasteiger partial charge is 0.410 e. The van der Waals surface area contributed by atoms with Gasteiger partial charge in [-0.25, -0.2) is 9.78 Å². The van der Waals surface area contributed by atoms with Crippen LogP contribution in [0.5, 0.6) is 0 Å². The van der Waals surface area contributed by atoms with Crippen LogP contribution in [0.4, 0.5) is 10.6 Å². The quantitative estimate of drug-likeness (QED) is 0.599. The Morgan fingerprint density at radius 2 is 1.91 bits per heavy atom. The van der Waals surface area contributed by atoms with Crippen molar-refractivity contribution in [1.82, 2.24) is 14.8 Å². The molecule has 0 aromatic carbocycles. The van der Waals surface area contributed by atoms with Crippen LogP contribution < -0.4 is 4.90 Å². The third-order valence-corrected chi connectivity index (χ3v) is 7.89. The number of rotatable bonds is 7. The van der Waals surface area contributed by atoms with Crippen molar-refractivity contribution in [2.45, 2.75) is 56.0 Å². The zero-order valence-electron chi connectivity index (χ0n) is 20.4. The lowest BCUT2D eigenvalue weighted by Gasteiger charge is -2.37. The third-order valence-electron chi connectivity index (χ3n) is 7.89. The van der Waals surface area contributed by atoms with Crippen molar-refractivity contribution in [2.24, 2.45) is 0 Å². The van der Waals surface area contributed by atoms with E-state index in [1.54, 1.807) is 12.0 Å². The van der Waals surface area contributed by atoms with Gasteiger partial charge in [0.15, 0.2) is 0 Å². The summed E-state index contributed by atoms with van der Waals surface area (Å²) in [4.78, 5) is 36.4. The Labute approximate surface area is 206 Å². The van der Waals surface area contributed by atoms with E-state index in [0.29, 0.717) is 44.2 Å². The van der Waals surface area contributed by atoms with E-state index in [1.165, 1.54) is 36.8 Å². The summed E-state index contributed by atoms with van der Waals surface area (Å²) in [5.41, 5.74) is 3.54. The van der Waals surface area contributed by atoms with Crippen LogP contribution in [-0.2, 0) is 14.3 Å². The fraction of sp³-hybridized carbons (Fsp3) is 0.593. The van der Waals surface area contributed by atoms with Gasteiger partial charge >= 0.3 is 6.09 Å². The minimum absolute atomic E-state index is 0.0660. The van der Waals surface area contributed by atoms with Crippen LogP contribution in [0.25, 0.3) is 0 Å². The Hall–Kier alpha value is -2.87. The second-order valence-corrected chi connectivity index (χ2v) is 10.4. The Kier molecular flexibility index (Phi) is 6.00. The summed E-state index contributed by atoms with van der Waals surface area (Å²) in [6, 6.07) is 2.22. The summed E-state index contributed by atoms with van der Waals surface area (Å²) in [7, 11) is 1.63. The second-order valence-electron chi connectivity index (χ2n) is 10.4. The molecular weight excluding hydrogens is 444 g/mol. The van der Waals surface area contributed by atoms with E-state index in [-0.39, 0.29) is 24.1 Å². The number of methoxy groups -OCH3 is 1. The second kappa shape index (κ2) is 9.30. The molecule has 8 nitrogen and oxygen atoms in total. The first kappa shape index (κ1) is 22.6. The standard InChI is InChI=1S/C27H34N4O4/c1-34-16-23-17-35-27(33)31(23)22-8-6-20(7-9-22)26(32)30-12-10-29(11-13-30)25-24(19-4-5-19)14-21(15-28-25)18-2-3-18/h6-8,14-15,18-19,22-23H,2-5,9-13,16-17H2,1H3/t22?,23-/m1/s1. The molecule has 6 rings (SSSR count). The zero-order valence-corrected chi connectivity index (χ0v) is 20.4. The molecule has 4 fully saturated rings. The number of anilines is 1. The topological polar surface area (TPSA) is 75.2 Å². The Bertz CT molecular complexity index is 1050. The molecule has 0 spiro atoms. The number of piperazine rings is 1. The van der Waals surface area contributed by atoms with Gasteiger partial charge in [-0.1, -0.05) is 24.3 Å². The maximum absolute atomic E-state index is 13.2. The van der Waals surface area contributed by atoms with Gasteiger partial charge in [0, 0.05) is 45.1 Å². The minimum atomic E-state index is -0.315. The van der Waals surface area contributed by atoms with E-state index in [0.717, 1.165) is 24.8 Å². The fourth-order valence-corrected chi connectivity index (χ4v) is 5.57. The first-order chi connectivity index (χ1) is 17.1. The maximum atomic E-state index is 13.2. The summed E-state index contributed by atoms with van der Waals surface area (Å²) < 4.78 is 10.5. The first-order valence-electron chi connectivity index (χ1n) is 13.0. The summed E-state index contributed by atoms with van der Waals surface area (Å²) >= 11 is 0. The van der Waals surface area contributed by atoms with Crippen LogP contribution in [0.2, 0.25) is 0 Å². The van der Waals surface area contributed by atoms with E-state index >= 15 is 0 Å². The molecule has 3 aliphatic carbocycles. The van der Waals surface area contributed by atoms with Crippen LogP contribution in [0.3, 0.4) is 0 Å². The van der Waals surface area contributed by atoms with E-state index in [9.17, 15) is 9.59 Å². The Morgan fingerprint density at radius 1 is 1.14 bits per heavy atom. The molecule has 5 aliphatic rings. The van der Waals surface area contributed by atoms with Gasteiger partial charge in [0.1, 0.15) is 12.4 Å². The van der Waals surface area contributed by atoms with E-state index < -0.39 is 0 Å². The van der Waals surface area contributed by atoms with E-state index in [2.05, 4.69) is 17.2 Å². The van der Waals surface area contributed by atoms with Gasteiger partial charge in [0.2, 0.25) is 0 Å². The van der Waals surface area contributed by atoms with Crippen molar-refractivity contribution in [2.75, 3.05) is 51.4 Å². The summed E-state index contributed by atoms with van der Waals surface area (Å²) in [6.07, 6.45) is 13.3. The number of hydrogen-bond acceptors (Lipinski definition) is 6. The van der Waals surface area contributed by atoms with Crippen molar-refractivity contribution in [3.8, 4) is 0 Å². The highest BCUT2D eigenvalue weighted by Gasteiger charge is 2.38. The molecule has 8 heteroatoms. The molecule has 186 valence electrons. The van der Waals surface area contributed by atoms with E-state index in [1.807, 2.05) is 23.1 Å². The summed E-state index contributed by atoms with van der Waals surface area (Å²) in [5.74, 6) is 2.59. The number of carbonyl (C=O) groups is 2. The molecule has 1 aromatic heterocycles. The molecule has 0 N–H and O–H groups in total. The van der Waals surface area contributed by atoms with Crippen molar-refractivity contribution in [3.05, 3.63) is 47.2 Å². The highest BCUT2D eigenvalue weighted by atomic mass is 16.6. The SMILES string of the molecule is COC[C@@H]1COC(=O)N1C1C=CC(C(=O)N2CCN(c3ncc(C4CC4)cc3C3CC3)CC2)=CC1. The van der Waals surface area contributed by atoms with Crippen molar-refractivity contribution in [3.63, 3.8) is 0 Å². The van der Waals surface area contributed by atoms with Crippen LogP contribution in [-0.4, -0.2) is 85.4 Å². The van der Waals surface area contributed by atoms with Gasteiger partial charge in [-0.15, -0.1) is 0 Å². The van der Waals surface area contributed by atoms with Crippen LogP contribution in [0, 0.1) is 0 Å². The number of ether oxygens (including phenoxy) is 2. The number of cyclic esters (lactones) is 1. The lowest BCUT2D eigenvalue weighted by molar-refractivity contribution is -0.127. The number of nitrogens with zero attached hydrogens (tertiary/aromatic N) is 4. The molecule has 2 amide bonds. The van der Waals surface area contributed by atoms with Crippen molar-refractivity contribution >= 4 is 17.8 Å². The van der Waals surface area contributed by atoms with Crippen LogP contribution >= 0.6 is 0 Å². The average Bonchev–Trinajstić information content (AvgIpc) is 3.82. The lowest BCUT2D eigenvalue weighted by atomic mass is 9.99. The van der Waals surface area contributed by atoms with Crippen LogP contribution in [0.1, 0.15) is 55.1 Å². The molecule has 1 aromatic rings. The number of aromatic nitrogens is 1. The molecule has 2 saturated heterocycles. The average molecular weight is 479 g/mol. The molecular formula is C27H34N4O4. The third kappa shape index (κ3) is 4.56. The zero-order chi connectivity index (χ0) is 23.9. The molecule has 2 atom stereocenters. The molecule has 0 bridgehead atoms. The van der Waals surface area contributed by atoms with E-state index in [4.69, 9.17) is 14.5 Å². The Balaban J connectivity index is 1.07. The highest BCUT2D eigenvalue weighted by molar-refractivity contribution is 5.96. The van der Waals surface area contributed by atoms with Gasteiger partial charge < -0.3 is 19.3 Å². The predicted molar refractivity (Wildman–Crippen MR) is 131 cm³/mol. The minimum Gasteiger partial charge on any atom is -0.447 e. The predicted octanol–water partition coefficient (Wildman–Crippen LogP) is 3.21. The number of hydrogen-bond donors (Lipinski definition) is 0. The van der Waals surface area contributed by atoms with Gasteiger partial charge in [0.05, 0.1) is 18.7 Å². The molecule has 2 saturated carbocycles. The van der Waals surface area contributed by atoms with Crippen molar-refractivity contribution < 1.29 is 19.1 Å². The fourth-order valence-electron chi connectivity index (χ4n) is 5.57. The summed E-state index contributed by atoms with van der Waals surface area (Å²) in [5, 5.41) is 0. The molecule has 35 heavy (non-hydrogen) atoms. The number of pyridine rings is 1. The van der Waals surface area contributed by atoms with Gasteiger partial charge in [-0.2, -0.15) is 0 Å². The Morgan fingerprint density at radius 3 is 2.57 bits per heavy atom. The summed E-state index contributed by atoms with van der Waals surface area (Å²) in [6.45, 7) is 3.78. The molecule has 3 heterocycles. The number of carbonyl (C=O) groups excluding carboxylic acids is 2. The maximum Gasteiger partial charge on any atom is 0.410 e. The lowest BCUT2D eigenvalue weighted by Crippen LogP contribution is -2.50. The molecule has 0 radical (unpaired) electrons. The molecule has 2 aliphatic heterocycles. The van der Waals surface area contributed by atoms with Crippen molar-refractivity contribution in [1.29, 1.82) is 0 Å². The van der Waals surface area contributed by atoms with Gasteiger partial charge in [0.25, 0.3) is 5.91 Å². The van der Waals surface area contributed by atoms with Crippen LogP contribution in [0.15, 0.2) is 36.1 Å². The molecule has 1 unspecified atom stereocenters. The highest BCUT2D eigenvalue weighted by Crippen LogP contribution is 2.47. The first-order valence-corrected chi connectivity index (χ1v) is 13.0. The largest absolute Gasteiger partial charge is 0.447 e. The monoisotopic (exact) mass is 478 g/mol.